The monoisotopic (exact) mass is 253 g/mol. The van der Waals surface area contributed by atoms with Gasteiger partial charge in [0.1, 0.15) is 5.82 Å². The molecule has 1 aromatic rings. The molecular formula is C10H14Cl2FNO. The van der Waals surface area contributed by atoms with Crippen LogP contribution in [0.2, 0.25) is 5.02 Å². The highest BCUT2D eigenvalue weighted by molar-refractivity contribution is 6.30. The minimum absolute atomic E-state index is 0. The van der Waals surface area contributed by atoms with Crippen LogP contribution >= 0.6 is 24.0 Å². The molecule has 1 atom stereocenters. The first kappa shape index (κ1) is 14.6. The number of nitrogens with two attached hydrogens (primary N) is 1. The van der Waals surface area contributed by atoms with Crippen molar-refractivity contribution in [3.05, 3.63) is 34.6 Å². The molecule has 0 aromatic heterocycles. The molecule has 1 aromatic carbocycles. The minimum Gasteiger partial charge on any atom is -0.396 e. The molecule has 0 aliphatic carbocycles. The van der Waals surface area contributed by atoms with Gasteiger partial charge in [-0.2, -0.15) is 0 Å². The predicted octanol–water partition coefficient (Wildman–Crippen LogP) is 2.67. The van der Waals surface area contributed by atoms with Crippen LogP contribution in [0, 0.1) is 5.82 Å². The van der Waals surface area contributed by atoms with Crippen molar-refractivity contribution in [2.75, 3.05) is 6.61 Å². The van der Waals surface area contributed by atoms with Crippen LogP contribution in [0.15, 0.2) is 18.2 Å². The van der Waals surface area contributed by atoms with Gasteiger partial charge in [-0.15, -0.1) is 12.4 Å². The minimum atomic E-state index is -0.386. The molecule has 2 nitrogen and oxygen atoms in total. The Morgan fingerprint density at radius 1 is 1.47 bits per heavy atom. The van der Waals surface area contributed by atoms with Gasteiger partial charge in [-0.3, -0.25) is 0 Å². The Kier molecular flexibility index (Phi) is 6.85. The van der Waals surface area contributed by atoms with Gasteiger partial charge in [-0.1, -0.05) is 17.7 Å². The molecule has 15 heavy (non-hydrogen) atoms. The van der Waals surface area contributed by atoms with E-state index in [0.717, 1.165) is 0 Å². The number of halogens is 3. The first-order valence-electron chi connectivity index (χ1n) is 4.46. The number of benzene rings is 1. The first-order chi connectivity index (χ1) is 6.65. The van der Waals surface area contributed by atoms with Crippen LogP contribution in [0.4, 0.5) is 4.39 Å². The zero-order chi connectivity index (χ0) is 10.6. The van der Waals surface area contributed by atoms with Crippen molar-refractivity contribution in [3.63, 3.8) is 0 Å². The van der Waals surface area contributed by atoms with Crippen molar-refractivity contribution in [1.82, 2.24) is 0 Å². The molecule has 0 saturated carbocycles. The topological polar surface area (TPSA) is 46.2 Å². The summed E-state index contributed by atoms with van der Waals surface area (Å²) in [6.45, 7) is 0.0723. The standard InChI is InChI=1S/C10H13ClFNO.ClH/c11-7-3-4-8(9(12)6-7)10(13)2-1-5-14;/h3-4,6,10,14H,1-2,5,13H2;1H/t10-;/m0./s1. The van der Waals surface area contributed by atoms with Gasteiger partial charge in [-0.05, 0) is 25.0 Å². The largest absolute Gasteiger partial charge is 0.396 e. The maximum absolute atomic E-state index is 13.3. The molecule has 5 heteroatoms. The Labute approximate surface area is 99.6 Å². The molecular weight excluding hydrogens is 240 g/mol. The molecule has 0 aliphatic heterocycles. The lowest BCUT2D eigenvalue weighted by Crippen LogP contribution is -2.12. The van der Waals surface area contributed by atoms with E-state index >= 15 is 0 Å². The molecule has 0 unspecified atom stereocenters. The second kappa shape index (κ2) is 7.01. The van der Waals surface area contributed by atoms with Crippen molar-refractivity contribution in [2.45, 2.75) is 18.9 Å². The summed E-state index contributed by atoms with van der Waals surface area (Å²) in [5.74, 6) is -0.386. The quantitative estimate of drug-likeness (QED) is 0.867. The van der Waals surface area contributed by atoms with Gasteiger partial charge in [0, 0.05) is 23.2 Å². The molecule has 0 bridgehead atoms. The fraction of sp³-hybridized carbons (Fsp3) is 0.400. The highest BCUT2D eigenvalue weighted by Crippen LogP contribution is 2.21. The Bertz CT molecular complexity index is 309. The van der Waals surface area contributed by atoms with Crippen LogP contribution in [0.3, 0.4) is 0 Å². The second-order valence-corrected chi connectivity index (χ2v) is 3.57. The third-order valence-corrected chi connectivity index (χ3v) is 2.27. The predicted molar refractivity (Wildman–Crippen MR) is 61.9 cm³/mol. The van der Waals surface area contributed by atoms with E-state index in [1.165, 1.54) is 6.07 Å². The molecule has 0 amide bonds. The third kappa shape index (κ3) is 4.34. The second-order valence-electron chi connectivity index (χ2n) is 3.14. The van der Waals surface area contributed by atoms with E-state index < -0.39 is 0 Å². The smallest absolute Gasteiger partial charge is 0.129 e. The third-order valence-electron chi connectivity index (χ3n) is 2.04. The van der Waals surface area contributed by atoms with Crippen molar-refractivity contribution < 1.29 is 9.50 Å². The first-order valence-corrected chi connectivity index (χ1v) is 4.84. The zero-order valence-electron chi connectivity index (χ0n) is 8.12. The summed E-state index contributed by atoms with van der Waals surface area (Å²) in [5.41, 5.74) is 6.18. The average molecular weight is 254 g/mol. The van der Waals surface area contributed by atoms with E-state index in [0.29, 0.717) is 23.4 Å². The van der Waals surface area contributed by atoms with E-state index in [-0.39, 0.29) is 30.9 Å². The molecule has 0 spiro atoms. The van der Waals surface area contributed by atoms with E-state index in [1.807, 2.05) is 0 Å². The normalized spacial score (nSPS) is 12.0. The highest BCUT2D eigenvalue weighted by atomic mass is 35.5. The van der Waals surface area contributed by atoms with E-state index in [4.69, 9.17) is 22.4 Å². The molecule has 0 heterocycles. The number of rotatable bonds is 4. The van der Waals surface area contributed by atoms with Crippen LogP contribution in [-0.2, 0) is 0 Å². The van der Waals surface area contributed by atoms with Gasteiger partial charge in [0.05, 0.1) is 0 Å². The number of hydrogen-bond donors (Lipinski definition) is 2. The van der Waals surface area contributed by atoms with Crippen LogP contribution < -0.4 is 5.73 Å². The lowest BCUT2D eigenvalue weighted by atomic mass is 10.0. The van der Waals surface area contributed by atoms with Crippen LogP contribution in [0.25, 0.3) is 0 Å². The lowest BCUT2D eigenvalue weighted by molar-refractivity contribution is 0.279. The lowest BCUT2D eigenvalue weighted by Gasteiger charge is -2.12. The molecule has 0 fully saturated rings. The maximum Gasteiger partial charge on any atom is 0.129 e. The summed E-state index contributed by atoms with van der Waals surface area (Å²) in [6.07, 6.45) is 1.14. The molecule has 0 radical (unpaired) electrons. The molecule has 0 aliphatic rings. The number of aliphatic hydroxyl groups is 1. The Hall–Kier alpha value is -0.350. The van der Waals surface area contributed by atoms with E-state index in [9.17, 15) is 4.39 Å². The SMILES string of the molecule is Cl.N[C@@H](CCCO)c1ccc(Cl)cc1F. The summed E-state index contributed by atoms with van der Waals surface area (Å²) >= 11 is 5.61. The molecule has 86 valence electrons. The van der Waals surface area contributed by atoms with Gasteiger partial charge < -0.3 is 10.8 Å². The summed E-state index contributed by atoms with van der Waals surface area (Å²) in [4.78, 5) is 0. The molecule has 3 N–H and O–H groups in total. The van der Waals surface area contributed by atoms with Gasteiger partial charge in [0.2, 0.25) is 0 Å². The van der Waals surface area contributed by atoms with Crippen LogP contribution in [0.5, 0.6) is 0 Å². The van der Waals surface area contributed by atoms with Crippen LogP contribution in [0.1, 0.15) is 24.4 Å². The fourth-order valence-corrected chi connectivity index (χ4v) is 1.43. The highest BCUT2D eigenvalue weighted by Gasteiger charge is 2.10. The van der Waals surface area contributed by atoms with Gasteiger partial charge >= 0.3 is 0 Å². The summed E-state index contributed by atoms with van der Waals surface area (Å²) in [6, 6.07) is 4.06. The summed E-state index contributed by atoms with van der Waals surface area (Å²) in [5, 5.41) is 8.97. The number of hydrogen-bond acceptors (Lipinski definition) is 2. The molecule has 1 rings (SSSR count). The van der Waals surface area contributed by atoms with E-state index in [2.05, 4.69) is 0 Å². The molecule has 0 saturated heterocycles. The average Bonchev–Trinajstić information content (AvgIpc) is 2.14. The Morgan fingerprint density at radius 2 is 2.13 bits per heavy atom. The Balaban J connectivity index is 0.00000196. The maximum atomic E-state index is 13.3. The van der Waals surface area contributed by atoms with E-state index in [1.54, 1.807) is 12.1 Å². The fourth-order valence-electron chi connectivity index (χ4n) is 1.27. The number of aliphatic hydroxyl groups excluding tert-OH is 1. The van der Waals surface area contributed by atoms with Crippen molar-refractivity contribution in [2.24, 2.45) is 5.73 Å². The van der Waals surface area contributed by atoms with Crippen molar-refractivity contribution in [3.8, 4) is 0 Å². The summed E-state index contributed by atoms with van der Waals surface area (Å²) in [7, 11) is 0. The Morgan fingerprint density at radius 3 is 2.67 bits per heavy atom. The van der Waals surface area contributed by atoms with Crippen molar-refractivity contribution >= 4 is 24.0 Å². The van der Waals surface area contributed by atoms with Gasteiger partial charge in [-0.25, -0.2) is 4.39 Å². The van der Waals surface area contributed by atoms with Gasteiger partial charge in [0.25, 0.3) is 0 Å². The van der Waals surface area contributed by atoms with Crippen LogP contribution in [-0.4, -0.2) is 11.7 Å². The van der Waals surface area contributed by atoms with Gasteiger partial charge in [0.15, 0.2) is 0 Å². The zero-order valence-corrected chi connectivity index (χ0v) is 9.69. The summed E-state index contributed by atoms with van der Waals surface area (Å²) < 4.78 is 13.3. The van der Waals surface area contributed by atoms with Crippen molar-refractivity contribution in [1.29, 1.82) is 0 Å².